The number of benzene rings is 2. The summed E-state index contributed by atoms with van der Waals surface area (Å²) in [5.74, 6) is 1.27. The molecule has 1 heterocycles. The van der Waals surface area contributed by atoms with Gasteiger partial charge in [0.1, 0.15) is 12.8 Å². The highest BCUT2D eigenvalue weighted by molar-refractivity contribution is 6.01. The Morgan fingerprint density at radius 2 is 1.92 bits per heavy atom. The topological polar surface area (TPSA) is 60.0 Å². The number of hydrogen-bond acceptors (Lipinski definition) is 5. The summed E-state index contributed by atoms with van der Waals surface area (Å²) in [6, 6.07) is 13.2. The summed E-state index contributed by atoms with van der Waals surface area (Å²) in [5.41, 5.74) is 2.43. The Labute approximate surface area is 153 Å². The molecular formula is C20H24N2O4. The molecule has 0 aromatic heterocycles. The van der Waals surface area contributed by atoms with E-state index < -0.39 is 0 Å². The number of nitrogens with one attached hydrogen (secondary N) is 1. The van der Waals surface area contributed by atoms with E-state index in [9.17, 15) is 4.79 Å². The molecule has 1 aliphatic heterocycles. The van der Waals surface area contributed by atoms with Crippen LogP contribution in [0.2, 0.25) is 0 Å². The summed E-state index contributed by atoms with van der Waals surface area (Å²) in [5, 5.41) is 3.41. The van der Waals surface area contributed by atoms with Gasteiger partial charge in [-0.1, -0.05) is 18.2 Å². The molecule has 138 valence electrons. The summed E-state index contributed by atoms with van der Waals surface area (Å²) >= 11 is 0. The number of anilines is 1. The van der Waals surface area contributed by atoms with Crippen LogP contribution in [-0.4, -0.2) is 44.8 Å². The van der Waals surface area contributed by atoms with Gasteiger partial charge in [0.2, 0.25) is 0 Å². The van der Waals surface area contributed by atoms with Crippen LogP contribution >= 0.6 is 0 Å². The van der Waals surface area contributed by atoms with Crippen molar-refractivity contribution in [2.45, 2.75) is 13.1 Å². The van der Waals surface area contributed by atoms with Crippen LogP contribution in [0.5, 0.6) is 11.5 Å². The number of rotatable bonds is 7. The van der Waals surface area contributed by atoms with Crippen molar-refractivity contribution in [1.29, 1.82) is 0 Å². The lowest BCUT2D eigenvalue weighted by Crippen LogP contribution is -2.40. The van der Waals surface area contributed by atoms with Gasteiger partial charge in [-0.05, 0) is 36.8 Å². The number of ether oxygens (including phenoxy) is 3. The Kier molecular flexibility index (Phi) is 5.63. The number of amides is 1. The van der Waals surface area contributed by atoms with Crippen molar-refractivity contribution in [3.8, 4) is 11.5 Å². The van der Waals surface area contributed by atoms with E-state index in [1.54, 1.807) is 19.1 Å². The number of nitrogens with zero attached hydrogens (tertiary/aromatic N) is 1. The van der Waals surface area contributed by atoms with E-state index in [0.29, 0.717) is 36.9 Å². The summed E-state index contributed by atoms with van der Waals surface area (Å²) in [6.45, 7) is 3.59. The number of fused-ring (bicyclic) bond motifs is 1. The molecule has 3 rings (SSSR count). The maximum absolute atomic E-state index is 12.6. The number of hydrogen-bond donors (Lipinski definition) is 1. The van der Waals surface area contributed by atoms with Crippen molar-refractivity contribution in [3.63, 3.8) is 0 Å². The second-order valence-electron chi connectivity index (χ2n) is 5.96. The smallest absolute Gasteiger partial charge is 0.257 e. The highest BCUT2D eigenvalue weighted by Crippen LogP contribution is 2.36. The first kappa shape index (κ1) is 18.1. The lowest BCUT2D eigenvalue weighted by atomic mass is 10.0. The van der Waals surface area contributed by atoms with Gasteiger partial charge in [-0.2, -0.15) is 0 Å². The maximum Gasteiger partial charge on any atom is 0.257 e. The minimum absolute atomic E-state index is 0.0136. The van der Waals surface area contributed by atoms with Gasteiger partial charge in [0.05, 0.1) is 19.3 Å². The van der Waals surface area contributed by atoms with Gasteiger partial charge in [-0.3, -0.25) is 4.79 Å². The summed E-state index contributed by atoms with van der Waals surface area (Å²) in [4.78, 5) is 14.3. The van der Waals surface area contributed by atoms with Crippen molar-refractivity contribution in [1.82, 2.24) is 4.90 Å². The van der Waals surface area contributed by atoms with Gasteiger partial charge in [0, 0.05) is 19.3 Å². The molecule has 0 fully saturated rings. The standard InChI is InChI=1S/C20H24N2O4/c1-4-25-11-12-26-17-10-9-14(13-18(17)24-3)19-21-16-8-6-5-7-15(16)20(23)22(19)2/h5-10,13,19,21H,4,11-12H2,1-3H3. The quantitative estimate of drug-likeness (QED) is 0.772. The Hall–Kier alpha value is -2.73. The molecule has 0 saturated carbocycles. The first-order valence-electron chi connectivity index (χ1n) is 8.67. The normalized spacial score (nSPS) is 16.0. The monoisotopic (exact) mass is 356 g/mol. The lowest BCUT2D eigenvalue weighted by Gasteiger charge is -2.35. The van der Waals surface area contributed by atoms with Crippen molar-refractivity contribution < 1.29 is 19.0 Å². The maximum atomic E-state index is 12.6. The van der Waals surface area contributed by atoms with Crippen LogP contribution in [0.4, 0.5) is 5.69 Å². The predicted molar refractivity (Wildman–Crippen MR) is 99.9 cm³/mol. The molecule has 1 amide bonds. The molecule has 1 aliphatic rings. The number of methoxy groups -OCH3 is 1. The fourth-order valence-corrected chi connectivity index (χ4v) is 2.98. The molecule has 0 bridgehead atoms. The fraction of sp³-hybridized carbons (Fsp3) is 0.350. The van der Waals surface area contributed by atoms with Crippen molar-refractivity contribution >= 4 is 11.6 Å². The van der Waals surface area contributed by atoms with Gasteiger partial charge in [0.25, 0.3) is 5.91 Å². The van der Waals surface area contributed by atoms with Gasteiger partial charge < -0.3 is 24.4 Å². The third-order valence-electron chi connectivity index (χ3n) is 4.35. The zero-order valence-electron chi connectivity index (χ0n) is 15.3. The van der Waals surface area contributed by atoms with E-state index in [-0.39, 0.29) is 12.1 Å². The third-order valence-corrected chi connectivity index (χ3v) is 4.35. The lowest BCUT2D eigenvalue weighted by molar-refractivity contribution is 0.0735. The molecule has 2 aromatic carbocycles. The summed E-state index contributed by atoms with van der Waals surface area (Å²) in [6.07, 6.45) is -0.274. The fourth-order valence-electron chi connectivity index (χ4n) is 2.98. The molecule has 0 aliphatic carbocycles. The molecule has 26 heavy (non-hydrogen) atoms. The van der Waals surface area contributed by atoms with Crippen LogP contribution in [0.15, 0.2) is 42.5 Å². The Morgan fingerprint density at radius 1 is 1.12 bits per heavy atom. The molecule has 1 N–H and O–H groups in total. The first-order valence-corrected chi connectivity index (χ1v) is 8.67. The molecular weight excluding hydrogens is 332 g/mol. The first-order chi connectivity index (χ1) is 12.7. The molecule has 1 unspecified atom stereocenters. The largest absolute Gasteiger partial charge is 0.493 e. The van der Waals surface area contributed by atoms with Crippen LogP contribution in [0.1, 0.15) is 29.0 Å². The molecule has 0 spiro atoms. The minimum Gasteiger partial charge on any atom is -0.493 e. The van der Waals surface area contributed by atoms with E-state index in [0.717, 1.165) is 11.3 Å². The van der Waals surface area contributed by atoms with Crippen LogP contribution in [0.3, 0.4) is 0 Å². The Morgan fingerprint density at radius 3 is 2.69 bits per heavy atom. The summed E-state index contributed by atoms with van der Waals surface area (Å²) in [7, 11) is 3.39. The zero-order valence-corrected chi connectivity index (χ0v) is 15.3. The van der Waals surface area contributed by atoms with Crippen molar-refractivity contribution in [3.05, 3.63) is 53.6 Å². The number of para-hydroxylation sites is 1. The van der Waals surface area contributed by atoms with Gasteiger partial charge >= 0.3 is 0 Å². The molecule has 0 saturated heterocycles. The third kappa shape index (κ3) is 3.60. The minimum atomic E-state index is -0.274. The average molecular weight is 356 g/mol. The number of carbonyl (C=O) groups excluding carboxylic acids is 1. The van der Waals surface area contributed by atoms with E-state index >= 15 is 0 Å². The van der Waals surface area contributed by atoms with Gasteiger partial charge in [0.15, 0.2) is 11.5 Å². The van der Waals surface area contributed by atoms with E-state index in [1.165, 1.54) is 0 Å². The second-order valence-corrected chi connectivity index (χ2v) is 5.96. The SMILES string of the molecule is CCOCCOc1ccc(C2Nc3ccccc3C(=O)N2C)cc1OC. The van der Waals surface area contributed by atoms with E-state index in [2.05, 4.69) is 5.32 Å². The van der Waals surface area contributed by atoms with Crippen LogP contribution < -0.4 is 14.8 Å². The molecule has 0 radical (unpaired) electrons. The van der Waals surface area contributed by atoms with Gasteiger partial charge in [-0.15, -0.1) is 0 Å². The van der Waals surface area contributed by atoms with Crippen LogP contribution in [-0.2, 0) is 4.74 Å². The highest BCUT2D eigenvalue weighted by Gasteiger charge is 2.30. The van der Waals surface area contributed by atoms with E-state index in [4.69, 9.17) is 14.2 Å². The second kappa shape index (κ2) is 8.10. The van der Waals surface area contributed by atoms with Crippen LogP contribution in [0, 0.1) is 0 Å². The molecule has 6 nitrogen and oxygen atoms in total. The van der Waals surface area contributed by atoms with Gasteiger partial charge in [-0.25, -0.2) is 0 Å². The highest BCUT2D eigenvalue weighted by atomic mass is 16.5. The summed E-state index contributed by atoms with van der Waals surface area (Å²) < 4.78 is 16.5. The molecule has 6 heteroatoms. The zero-order chi connectivity index (χ0) is 18.5. The Balaban J connectivity index is 1.82. The Bertz CT molecular complexity index is 778. The predicted octanol–water partition coefficient (Wildman–Crippen LogP) is 3.31. The van der Waals surface area contributed by atoms with Crippen LogP contribution in [0.25, 0.3) is 0 Å². The molecule has 1 atom stereocenters. The van der Waals surface area contributed by atoms with E-state index in [1.807, 2.05) is 49.4 Å². The molecule has 2 aromatic rings. The van der Waals surface area contributed by atoms with Crippen molar-refractivity contribution in [2.24, 2.45) is 0 Å². The number of carbonyl (C=O) groups is 1. The average Bonchev–Trinajstić information content (AvgIpc) is 2.68. The van der Waals surface area contributed by atoms with Crippen molar-refractivity contribution in [2.75, 3.05) is 39.3 Å².